The summed E-state index contributed by atoms with van der Waals surface area (Å²) in [5.41, 5.74) is 3.09. The molecule has 2 aromatic rings. The number of aryl methyl sites for hydroxylation is 2. The number of carbonyl (C=O) groups excluding carboxylic acids is 2. The zero-order chi connectivity index (χ0) is 18.7. The standard InChI is InChI=1S/C21H25NO3S/c1-4-15-7-10-18-16(11-15)12-19(26-18)21(24)25-14(3)20(23)22-17-8-5-13(2)6-9-17/h5-6,8-9,12,14-15H,4,7,10-11H2,1-3H3,(H,22,23)/t14-,15-/m0/s1. The van der Waals surface area contributed by atoms with Gasteiger partial charge in [-0.3, -0.25) is 4.79 Å². The van der Waals surface area contributed by atoms with Crippen molar-refractivity contribution in [3.8, 4) is 0 Å². The largest absolute Gasteiger partial charge is 0.448 e. The first-order valence-corrected chi connectivity index (χ1v) is 9.98. The maximum absolute atomic E-state index is 12.4. The number of carbonyl (C=O) groups is 2. The molecule has 0 bridgehead atoms. The number of rotatable bonds is 5. The number of fused-ring (bicyclic) bond motifs is 1. The van der Waals surface area contributed by atoms with E-state index in [1.807, 2.05) is 37.3 Å². The number of anilines is 1. The van der Waals surface area contributed by atoms with Gasteiger partial charge in [-0.1, -0.05) is 31.0 Å². The van der Waals surface area contributed by atoms with Crippen molar-refractivity contribution in [2.45, 2.75) is 52.6 Å². The summed E-state index contributed by atoms with van der Waals surface area (Å²) in [5, 5.41) is 2.78. The van der Waals surface area contributed by atoms with Crippen LogP contribution >= 0.6 is 11.3 Å². The van der Waals surface area contributed by atoms with Gasteiger partial charge in [0.25, 0.3) is 5.91 Å². The molecule has 0 radical (unpaired) electrons. The molecule has 3 rings (SSSR count). The average Bonchev–Trinajstić information content (AvgIpc) is 3.06. The molecule has 1 aromatic heterocycles. The van der Waals surface area contributed by atoms with Crippen molar-refractivity contribution < 1.29 is 14.3 Å². The smallest absolute Gasteiger partial charge is 0.349 e. The molecular formula is C21H25NO3S. The second-order valence-electron chi connectivity index (χ2n) is 6.98. The quantitative estimate of drug-likeness (QED) is 0.771. The number of benzene rings is 1. The van der Waals surface area contributed by atoms with Gasteiger partial charge in [-0.15, -0.1) is 11.3 Å². The lowest BCUT2D eigenvalue weighted by atomic mass is 9.87. The molecule has 4 nitrogen and oxygen atoms in total. The van der Waals surface area contributed by atoms with Crippen LogP contribution in [0.2, 0.25) is 0 Å². The summed E-state index contributed by atoms with van der Waals surface area (Å²) >= 11 is 1.51. The first-order chi connectivity index (χ1) is 12.5. The van der Waals surface area contributed by atoms with E-state index in [0.717, 1.165) is 18.4 Å². The van der Waals surface area contributed by atoms with Gasteiger partial charge in [0.1, 0.15) is 4.88 Å². The van der Waals surface area contributed by atoms with Crippen LogP contribution in [0.1, 0.15) is 52.4 Å². The van der Waals surface area contributed by atoms with Crippen molar-refractivity contribution in [3.63, 3.8) is 0 Å². The normalized spacial score (nSPS) is 17.3. The number of amides is 1. The van der Waals surface area contributed by atoms with Gasteiger partial charge in [0.2, 0.25) is 0 Å². The summed E-state index contributed by atoms with van der Waals surface area (Å²) < 4.78 is 5.38. The summed E-state index contributed by atoms with van der Waals surface area (Å²) in [7, 11) is 0. The Kier molecular flexibility index (Phi) is 5.77. The molecule has 1 N–H and O–H groups in total. The van der Waals surface area contributed by atoms with Gasteiger partial charge in [0.15, 0.2) is 6.10 Å². The topological polar surface area (TPSA) is 55.4 Å². The van der Waals surface area contributed by atoms with Crippen LogP contribution in [0.3, 0.4) is 0 Å². The molecule has 0 saturated heterocycles. The predicted molar refractivity (Wildman–Crippen MR) is 105 cm³/mol. The Bertz CT molecular complexity index is 794. The van der Waals surface area contributed by atoms with Crippen molar-refractivity contribution in [2.24, 2.45) is 5.92 Å². The Hall–Kier alpha value is -2.14. The first kappa shape index (κ1) is 18.6. The van der Waals surface area contributed by atoms with Crippen molar-refractivity contribution in [3.05, 3.63) is 51.2 Å². The van der Waals surface area contributed by atoms with Crippen molar-refractivity contribution in [1.82, 2.24) is 0 Å². The molecule has 1 aliphatic carbocycles. The highest BCUT2D eigenvalue weighted by atomic mass is 32.1. The van der Waals surface area contributed by atoms with Crippen LogP contribution in [0.4, 0.5) is 5.69 Å². The SMILES string of the molecule is CC[C@H]1CCc2sc(C(=O)O[C@@H](C)C(=O)Nc3ccc(C)cc3)cc2C1. The third-order valence-electron chi connectivity index (χ3n) is 4.94. The molecule has 26 heavy (non-hydrogen) atoms. The zero-order valence-electron chi connectivity index (χ0n) is 15.5. The summed E-state index contributed by atoms with van der Waals surface area (Å²) in [5.74, 6) is -0.0289. The Balaban J connectivity index is 1.59. The van der Waals surface area contributed by atoms with Crippen molar-refractivity contribution in [1.29, 1.82) is 0 Å². The lowest BCUT2D eigenvalue weighted by molar-refractivity contribution is -0.123. The highest BCUT2D eigenvalue weighted by Gasteiger charge is 2.25. The van der Waals surface area contributed by atoms with Crippen molar-refractivity contribution >= 4 is 28.9 Å². The highest BCUT2D eigenvalue weighted by molar-refractivity contribution is 7.14. The van der Waals surface area contributed by atoms with Crippen LogP contribution in [-0.2, 0) is 22.4 Å². The lowest BCUT2D eigenvalue weighted by Crippen LogP contribution is -2.29. The van der Waals surface area contributed by atoms with Gasteiger partial charge in [-0.05, 0) is 62.8 Å². The number of thiophene rings is 1. The fraction of sp³-hybridized carbons (Fsp3) is 0.429. The Labute approximate surface area is 158 Å². The van der Waals surface area contributed by atoms with E-state index in [4.69, 9.17) is 4.74 Å². The molecule has 2 atom stereocenters. The maximum Gasteiger partial charge on any atom is 0.349 e. The average molecular weight is 372 g/mol. The van der Waals surface area contributed by atoms with Crippen LogP contribution in [0, 0.1) is 12.8 Å². The monoisotopic (exact) mass is 371 g/mol. The summed E-state index contributed by atoms with van der Waals surface area (Å²) in [4.78, 5) is 26.6. The third kappa shape index (κ3) is 4.33. The van der Waals surface area contributed by atoms with E-state index in [-0.39, 0.29) is 5.91 Å². The molecule has 1 amide bonds. The molecule has 1 aliphatic rings. The molecule has 1 aromatic carbocycles. The minimum absolute atomic E-state index is 0.324. The molecule has 5 heteroatoms. The Morgan fingerprint density at radius 1 is 1.31 bits per heavy atom. The first-order valence-electron chi connectivity index (χ1n) is 9.16. The van der Waals surface area contributed by atoms with Gasteiger partial charge in [0.05, 0.1) is 0 Å². The molecule has 0 spiro atoms. The van der Waals surface area contributed by atoms with E-state index in [2.05, 4.69) is 12.2 Å². The summed E-state index contributed by atoms with van der Waals surface area (Å²) in [6.07, 6.45) is 3.60. The molecule has 0 aliphatic heterocycles. The van der Waals surface area contributed by atoms with Gasteiger partial charge < -0.3 is 10.1 Å². The molecular weight excluding hydrogens is 346 g/mol. The molecule has 1 heterocycles. The molecule has 0 fully saturated rings. The van der Waals surface area contributed by atoms with E-state index in [9.17, 15) is 9.59 Å². The maximum atomic E-state index is 12.4. The minimum Gasteiger partial charge on any atom is -0.448 e. The fourth-order valence-electron chi connectivity index (χ4n) is 3.20. The molecule has 138 valence electrons. The van der Waals surface area contributed by atoms with Gasteiger partial charge in [0, 0.05) is 10.6 Å². The zero-order valence-corrected chi connectivity index (χ0v) is 16.3. The minimum atomic E-state index is -0.841. The van der Waals surface area contributed by atoms with Gasteiger partial charge in [-0.25, -0.2) is 4.79 Å². The van der Waals surface area contributed by atoms with Crippen LogP contribution in [0.15, 0.2) is 30.3 Å². The van der Waals surface area contributed by atoms with Crippen LogP contribution in [0.25, 0.3) is 0 Å². The molecule has 0 unspecified atom stereocenters. The number of esters is 1. The van der Waals surface area contributed by atoms with Crippen LogP contribution < -0.4 is 5.32 Å². The van der Waals surface area contributed by atoms with E-state index in [0.29, 0.717) is 16.5 Å². The van der Waals surface area contributed by atoms with E-state index < -0.39 is 12.1 Å². The lowest BCUT2D eigenvalue weighted by Gasteiger charge is -2.19. The number of hydrogen-bond donors (Lipinski definition) is 1. The molecule has 0 saturated carbocycles. The Morgan fingerprint density at radius 2 is 2.04 bits per heavy atom. The predicted octanol–water partition coefficient (Wildman–Crippen LogP) is 4.76. The summed E-state index contributed by atoms with van der Waals surface area (Å²) in [6.45, 7) is 5.80. The highest BCUT2D eigenvalue weighted by Crippen LogP contribution is 2.33. The van der Waals surface area contributed by atoms with Crippen LogP contribution in [-0.4, -0.2) is 18.0 Å². The van der Waals surface area contributed by atoms with Crippen molar-refractivity contribution in [2.75, 3.05) is 5.32 Å². The van der Waals surface area contributed by atoms with Gasteiger partial charge in [-0.2, -0.15) is 0 Å². The fourth-order valence-corrected chi connectivity index (χ4v) is 4.29. The van der Waals surface area contributed by atoms with Crippen LogP contribution in [0.5, 0.6) is 0 Å². The third-order valence-corrected chi connectivity index (χ3v) is 6.15. The Morgan fingerprint density at radius 3 is 2.73 bits per heavy atom. The second-order valence-corrected chi connectivity index (χ2v) is 8.12. The second kappa shape index (κ2) is 8.04. The number of hydrogen-bond acceptors (Lipinski definition) is 4. The van der Waals surface area contributed by atoms with E-state index in [1.165, 1.54) is 34.6 Å². The van der Waals surface area contributed by atoms with E-state index >= 15 is 0 Å². The summed E-state index contributed by atoms with van der Waals surface area (Å²) in [6, 6.07) is 9.46. The number of ether oxygens (including phenoxy) is 1. The van der Waals surface area contributed by atoms with E-state index in [1.54, 1.807) is 6.92 Å². The number of nitrogens with one attached hydrogen (secondary N) is 1. The van der Waals surface area contributed by atoms with Gasteiger partial charge >= 0.3 is 5.97 Å².